The Bertz CT molecular complexity index is 301. The van der Waals surface area contributed by atoms with E-state index in [1.54, 1.807) is 0 Å². The highest BCUT2D eigenvalue weighted by atomic mass is 16.6. The lowest BCUT2D eigenvalue weighted by Crippen LogP contribution is -2.32. The highest BCUT2D eigenvalue weighted by molar-refractivity contribution is 4.72. The number of rotatable bonds is 14. The molecule has 0 N–H and O–H groups in total. The monoisotopic (exact) mass is 318 g/mol. The number of hydrogen-bond donors (Lipinski definition) is 0. The van der Waals surface area contributed by atoms with Crippen molar-refractivity contribution < 1.29 is 28.4 Å². The van der Waals surface area contributed by atoms with Crippen molar-refractivity contribution in [3.05, 3.63) is 0 Å². The smallest absolute Gasteiger partial charge is 0.104 e. The lowest BCUT2D eigenvalue weighted by atomic mass is 9.96. The molecule has 3 unspecified atom stereocenters. The average molecular weight is 318 g/mol. The van der Waals surface area contributed by atoms with Crippen LogP contribution in [0.15, 0.2) is 0 Å². The van der Waals surface area contributed by atoms with Gasteiger partial charge in [-0.05, 0) is 6.92 Å². The molecular formula is C16H30O6. The summed E-state index contributed by atoms with van der Waals surface area (Å²) in [6.07, 6.45) is 0.532. The fourth-order valence-corrected chi connectivity index (χ4v) is 1.94. The highest BCUT2D eigenvalue weighted by Gasteiger charge is 2.26. The largest absolute Gasteiger partial charge is 0.379 e. The van der Waals surface area contributed by atoms with Gasteiger partial charge in [-0.3, -0.25) is 0 Å². The maximum Gasteiger partial charge on any atom is 0.104 e. The molecule has 2 heterocycles. The van der Waals surface area contributed by atoms with Crippen molar-refractivity contribution in [2.24, 2.45) is 5.41 Å². The molecule has 2 fully saturated rings. The van der Waals surface area contributed by atoms with Gasteiger partial charge >= 0.3 is 0 Å². The van der Waals surface area contributed by atoms with Gasteiger partial charge in [0, 0.05) is 12.0 Å². The molecule has 0 bridgehead atoms. The Kier molecular flexibility index (Phi) is 7.53. The van der Waals surface area contributed by atoms with Gasteiger partial charge in [0.25, 0.3) is 0 Å². The van der Waals surface area contributed by atoms with Crippen LogP contribution in [-0.4, -0.2) is 77.8 Å². The molecule has 0 aromatic rings. The van der Waals surface area contributed by atoms with E-state index in [2.05, 4.69) is 13.8 Å². The molecule has 22 heavy (non-hydrogen) atoms. The minimum Gasteiger partial charge on any atom is -0.379 e. The van der Waals surface area contributed by atoms with E-state index in [0.29, 0.717) is 52.4 Å². The maximum absolute atomic E-state index is 5.83. The topological polar surface area (TPSA) is 62.0 Å². The fraction of sp³-hybridized carbons (Fsp3) is 1.00. The maximum atomic E-state index is 5.83. The van der Waals surface area contributed by atoms with E-state index in [4.69, 9.17) is 28.4 Å². The summed E-state index contributed by atoms with van der Waals surface area (Å²) in [5.41, 5.74) is -0.0232. The molecule has 2 saturated heterocycles. The fourth-order valence-electron chi connectivity index (χ4n) is 1.94. The zero-order chi connectivity index (χ0) is 15.8. The van der Waals surface area contributed by atoms with Gasteiger partial charge in [0.05, 0.1) is 52.9 Å². The SMILES string of the molecule is CCOCC(COCC(C)(C)COCC1CO1)OCC1CO1. The third-order valence-electron chi connectivity index (χ3n) is 3.42. The van der Waals surface area contributed by atoms with Gasteiger partial charge in [-0.25, -0.2) is 0 Å². The minimum absolute atomic E-state index is 0.0232. The molecule has 0 amide bonds. The molecular weight excluding hydrogens is 288 g/mol. The van der Waals surface area contributed by atoms with Crippen molar-refractivity contribution in [2.75, 3.05) is 59.5 Å². The van der Waals surface area contributed by atoms with E-state index in [9.17, 15) is 0 Å². The summed E-state index contributed by atoms with van der Waals surface area (Å²) in [7, 11) is 0. The van der Waals surface area contributed by atoms with E-state index >= 15 is 0 Å². The van der Waals surface area contributed by atoms with Gasteiger partial charge in [-0.2, -0.15) is 0 Å². The molecule has 0 saturated carbocycles. The third-order valence-corrected chi connectivity index (χ3v) is 3.42. The zero-order valence-electron chi connectivity index (χ0n) is 14.0. The van der Waals surface area contributed by atoms with Crippen LogP contribution in [0.25, 0.3) is 0 Å². The standard InChI is InChI=1S/C16H30O6/c1-4-17-5-13(20-9-15-10-22-15)6-18-11-16(2,3)12-19-7-14-8-21-14/h13-15H,4-12H2,1-3H3. The molecule has 0 radical (unpaired) electrons. The molecule has 0 aromatic carbocycles. The molecule has 0 spiro atoms. The van der Waals surface area contributed by atoms with E-state index < -0.39 is 0 Å². The lowest BCUT2D eigenvalue weighted by molar-refractivity contribution is -0.0801. The summed E-state index contributed by atoms with van der Waals surface area (Å²) in [6.45, 7) is 12.2. The molecule has 0 aromatic heterocycles. The summed E-state index contributed by atoms with van der Waals surface area (Å²) >= 11 is 0. The minimum atomic E-state index is -0.0410. The van der Waals surface area contributed by atoms with Crippen LogP contribution in [-0.2, 0) is 28.4 Å². The van der Waals surface area contributed by atoms with Crippen molar-refractivity contribution in [2.45, 2.75) is 39.1 Å². The summed E-state index contributed by atoms with van der Waals surface area (Å²) < 4.78 is 33.0. The number of epoxide rings is 2. The summed E-state index contributed by atoms with van der Waals surface area (Å²) in [4.78, 5) is 0. The van der Waals surface area contributed by atoms with Crippen molar-refractivity contribution in [1.82, 2.24) is 0 Å². The second-order valence-corrected chi connectivity index (χ2v) is 6.72. The van der Waals surface area contributed by atoms with Crippen molar-refractivity contribution in [3.63, 3.8) is 0 Å². The third kappa shape index (κ3) is 8.41. The molecule has 6 heteroatoms. The first-order valence-electron chi connectivity index (χ1n) is 8.17. The Hall–Kier alpha value is -0.240. The first kappa shape index (κ1) is 18.1. The quantitative estimate of drug-likeness (QED) is 0.449. The first-order valence-corrected chi connectivity index (χ1v) is 8.17. The molecule has 130 valence electrons. The lowest BCUT2D eigenvalue weighted by Gasteiger charge is -2.25. The van der Waals surface area contributed by atoms with E-state index in [0.717, 1.165) is 13.2 Å². The van der Waals surface area contributed by atoms with Gasteiger partial charge < -0.3 is 28.4 Å². The van der Waals surface area contributed by atoms with Crippen LogP contribution in [0.4, 0.5) is 0 Å². The number of hydrogen-bond acceptors (Lipinski definition) is 6. The normalized spacial score (nSPS) is 25.2. The van der Waals surface area contributed by atoms with E-state index in [1.165, 1.54) is 0 Å². The van der Waals surface area contributed by atoms with Gasteiger partial charge in [0.1, 0.15) is 18.3 Å². The van der Waals surface area contributed by atoms with Crippen LogP contribution in [0, 0.1) is 5.41 Å². The van der Waals surface area contributed by atoms with Crippen molar-refractivity contribution >= 4 is 0 Å². The predicted molar refractivity (Wildman–Crippen MR) is 81.1 cm³/mol. The predicted octanol–water partition coefficient (Wildman–Crippen LogP) is 1.27. The second kappa shape index (κ2) is 9.15. The molecule has 0 aliphatic carbocycles. The Balaban J connectivity index is 1.56. The van der Waals surface area contributed by atoms with Crippen molar-refractivity contribution in [1.29, 1.82) is 0 Å². The van der Waals surface area contributed by atoms with Crippen LogP contribution in [0.1, 0.15) is 20.8 Å². The Labute approximate surface area is 133 Å². The Morgan fingerprint density at radius 1 is 0.955 bits per heavy atom. The van der Waals surface area contributed by atoms with Crippen LogP contribution in [0.5, 0.6) is 0 Å². The number of ether oxygens (including phenoxy) is 6. The zero-order valence-corrected chi connectivity index (χ0v) is 14.0. The van der Waals surface area contributed by atoms with Crippen LogP contribution < -0.4 is 0 Å². The summed E-state index contributed by atoms with van der Waals surface area (Å²) in [6, 6.07) is 0. The van der Waals surface area contributed by atoms with Gasteiger partial charge in [-0.15, -0.1) is 0 Å². The molecule has 6 nitrogen and oxygen atoms in total. The van der Waals surface area contributed by atoms with Gasteiger partial charge in [0.15, 0.2) is 0 Å². The summed E-state index contributed by atoms with van der Waals surface area (Å²) in [5.74, 6) is 0. The van der Waals surface area contributed by atoms with Crippen LogP contribution >= 0.6 is 0 Å². The molecule has 2 aliphatic heterocycles. The van der Waals surface area contributed by atoms with E-state index in [-0.39, 0.29) is 17.6 Å². The molecule has 2 aliphatic rings. The van der Waals surface area contributed by atoms with Gasteiger partial charge in [0.2, 0.25) is 0 Å². The highest BCUT2D eigenvalue weighted by Crippen LogP contribution is 2.18. The average Bonchev–Trinajstić information content (AvgIpc) is 3.35. The second-order valence-electron chi connectivity index (χ2n) is 6.72. The van der Waals surface area contributed by atoms with Crippen LogP contribution in [0.2, 0.25) is 0 Å². The van der Waals surface area contributed by atoms with Crippen LogP contribution in [0.3, 0.4) is 0 Å². The van der Waals surface area contributed by atoms with E-state index in [1.807, 2.05) is 6.92 Å². The summed E-state index contributed by atoms with van der Waals surface area (Å²) in [5, 5.41) is 0. The first-order chi connectivity index (χ1) is 10.6. The Morgan fingerprint density at radius 2 is 1.55 bits per heavy atom. The Morgan fingerprint density at radius 3 is 2.18 bits per heavy atom. The molecule has 2 rings (SSSR count). The van der Waals surface area contributed by atoms with Gasteiger partial charge in [-0.1, -0.05) is 13.8 Å². The van der Waals surface area contributed by atoms with Crippen molar-refractivity contribution in [3.8, 4) is 0 Å². The molecule has 3 atom stereocenters.